The van der Waals surface area contributed by atoms with E-state index in [0.29, 0.717) is 27.1 Å². The first-order valence-electron chi connectivity index (χ1n) is 9.59. The molecule has 4 nitrogen and oxygen atoms in total. The molecule has 0 aliphatic heterocycles. The molecule has 0 radical (unpaired) electrons. The summed E-state index contributed by atoms with van der Waals surface area (Å²) in [6, 6.07) is 17.5. The minimum Gasteiger partial charge on any atom is -0.478 e. The number of rotatable bonds is 5. The number of benzene rings is 3. The first kappa shape index (κ1) is 21.3. The maximum atomic E-state index is 13.3. The lowest BCUT2D eigenvalue weighted by Gasteiger charge is -2.12. The molecular weight excluding hydrogens is 480 g/mol. The Morgan fingerprint density at radius 3 is 2.32 bits per heavy atom. The van der Waals surface area contributed by atoms with Crippen molar-refractivity contribution in [3.05, 3.63) is 97.1 Å². The highest BCUT2D eigenvalue weighted by atomic mass is 79.9. The Morgan fingerprint density at radius 1 is 1.00 bits per heavy atom. The molecule has 0 saturated heterocycles. The number of hydrogen-bond donors (Lipinski definition) is 0. The topological polar surface area (TPSA) is 56.5 Å². The molecule has 0 aliphatic carbocycles. The third-order valence-corrected chi connectivity index (χ3v) is 5.87. The Morgan fingerprint density at radius 2 is 1.65 bits per heavy atom. The van der Waals surface area contributed by atoms with Crippen LogP contribution in [0.2, 0.25) is 5.02 Å². The lowest BCUT2D eigenvalue weighted by Crippen LogP contribution is -2.17. The van der Waals surface area contributed by atoms with Gasteiger partial charge in [-0.3, -0.25) is 9.59 Å². The third kappa shape index (κ3) is 4.43. The van der Waals surface area contributed by atoms with Crippen molar-refractivity contribution in [2.45, 2.75) is 13.8 Å². The van der Waals surface area contributed by atoms with Crippen molar-refractivity contribution in [3.8, 4) is 17.1 Å². The molecule has 4 rings (SSSR count). The number of fused-ring (bicyclic) bond motifs is 1. The van der Waals surface area contributed by atoms with Gasteiger partial charge in [0, 0.05) is 20.6 Å². The molecule has 0 amide bonds. The van der Waals surface area contributed by atoms with Crippen LogP contribution in [0.4, 0.5) is 0 Å². The van der Waals surface area contributed by atoms with Crippen molar-refractivity contribution in [1.82, 2.24) is 0 Å². The van der Waals surface area contributed by atoms with E-state index in [0.717, 1.165) is 15.6 Å². The van der Waals surface area contributed by atoms with Gasteiger partial charge in [-0.1, -0.05) is 39.7 Å². The quantitative estimate of drug-likeness (QED) is 0.286. The van der Waals surface area contributed by atoms with E-state index in [-0.39, 0.29) is 29.3 Å². The summed E-state index contributed by atoms with van der Waals surface area (Å²) in [4.78, 5) is 25.9. The number of carbonyl (C=O) groups is 1. The van der Waals surface area contributed by atoms with Crippen molar-refractivity contribution < 1.29 is 13.9 Å². The average molecular weight is 498 g/mol. The van der Waals surface area contributed by atoms with E-state index in [9.17, 15) is 9.59 Å². The molecule has 0 atom stereocenters. The van der Waals surface area contributed by atoms with E-state index in [4.69, 9.17) is 20.8 Å². The Labute approximate surface area is 192 Å². The summed E-state index contributed by atoms with van der Waals surface area (Å²) in [7, 11) is 0. The number of halogens is 2. The summed E-state index contributed by atoms with van der Waals surface area (Å²) in [6.45, 7) is 3.60. The predicted molar refractivity (Wildman–Crippen MR) is 126 cm³/mol. The van der Waals surface area contributed by atoms with Gasteiger partial charge < -0.3 is 9.15 Å². The molecule has 0 N–H and O–H groups in total. The van der Waals surface area contributed by atoms with E-state index in [2.05, 4.69) is 15.9 Å². The molecule has 0 aliphatic rings. The zero-order valence-electron chi connectivity index (χ0n) is 16.9. The lowest BCUT2D eigenvalue weighted by atomic mass is 10.0. The Bertz CT molecular complexity index is 1340. The van der Waals surface area contributed by atoms with E-state index in [1.807, 2.05) is 19.9 Å². The average Bonchev–Trinajstić information content (AvgIpc) is 2.75. The van der Waals surface area contributed by atoms with Gasteiger partial charge in [-0.15, -0.1) is 0 Å². The van der Waals surface area contributed by atoms with Crippen LogP contribution in [0.25, 0.3) is 22.3 Å². The predicted octanol–water partition coefficient (Wildman–Crippen LogP) is 6.75. The summed E-state index contributed by atoms with van der Waals surface area (Å²) in [6.07, 6.45) is 0. The zero-order valence-corrected chi connectivity index (χ0v) is 19.2. The standard InChI is InChI=1S/C25H18BrClO4/c1-14-11-20-22(12-15(14)2)31-24(17-5-9-19(27)10-6-17)25(23(20)29)30-13-21(28)16-3-7-18(26)8-4-16/h3-12H,13H2,1-2H3. The molecule has 0 spiro atoms. The van der Waals surface area contributed by atoms with Gasteiger partial charge in [0.25, 0.3) is 0 Å². The van der Waals surface area contributed by atoms with Crippen molar-refractivity contribution in [2.24, 2.45) is 0 Å². The SMILES string of the molecule is Cc1cc2oc(-c3ccc(Cl)cc3)c(OCC(=O)c3ccc(Br)cc3)c(=O)c2cc1C. The minimum absolute atomic E-state index is 0.00328. The Kier molecular flexibility index (Phi) is 5.99. The molecule has 0 bridgehead atoms. The Balaban J connectivity index is 1.80. The number of aryl methyl sites for hydroxylation is 2. The van der Waals surface area contributed by atoms with Gasteiger partial charge in [0.1, 0.15) is 5.58 Å². The molecule has 0 saturated carbocycles. The fourth-order valence-corrected chi connectivity index (χ4v) is 3.60. The van der Waals surface area contributed by atoms with Gasteiger partial charge in [-0.05, 0) is 73.5 Å². The summed E-state index contributed by atoms with van der Waals surface area (Å²) in [5.41, 5.74) is 3.25. The first-order chi connectivity index (χ1) is 14.8. The van der Waals surface area contributed by atoms with E-state index in [1.165, 1.54) is 0 Å². The van der Waals surface area contributed by atoms with E-state index < -0.39 is 0 Å². The summed E-state index contributed by atoms with van der Waals surface area (Å²) >= 11 is 9.36. The fraction of sp³-hybridized carbons (Fsp3) is 0.120. The smallest absolute Gasteiger partial charge is 0.235 e. The number of Topliss-reactive ketones (excluding diaryl/α,β-unsaturated/α-hetero) is 1. The van der Waals surface area contributed by atoms with Crippen molar-refractivity contribution in [3.63, 3.8) is 0 Å². The van der Waals surface area contributed by atoms with Crippen LogP contribution in [0.1, 0.15) is 21.5 Å². The lowest BCUT2D eigenvalue weighted by molar-refractivity contribution is 0.0920. The molecule has 1 aromatic heterocycles. The molecule has 156 valence electrons. The highest BCUT2D eigenvalue weighted by Gasteiger charge is 2.20. The van der Waals surface area contributed by atoms with Crippen LogP contribution in [0.3, 0.4) is 0 Å². The molecule has 1 heterocycles. The second-order valence-corrected chi connectivity index (χ2v) is 8.60. The van der Waals surface area contributed by atoms with Crippen LogP contribution in [-0.2, 0) is 0 Å². The van der Waals surface area contributed by atoms with Gasteiger partial charge in [-0.2, -0.15) is 0 Å². The molecule has 3 aromatic carbocycles. The van der Waals surface area contributed by atoms with Crippen LogP contribution in [0.5, 0.6) is 5.75 Å². The van der Waals surface area contributed by atoms with Gasteiger partial charge >= 0.3 is 0 Å². The second kappa shape index (κ2) is 8.69. The number of ether oxygens (including phenoxy) is 1. The third-order valence-electron chi connectivity index (χ3n) is 5.09. The van der Waals surface area contributed by atoms with Crippen molar-refractivity contribution in [2.75, 3.05) is 6.61 Å². The van der Waals surface area contributed by atoms with E-state index >= 15 is 0 Å². The highest BCUT2D eigenvalue weighted by Crippen LogP contribution is 2.32. The number of ketones is 1. The summed E-state index contributed by atoms with van der Waals surface area (Å²) in [5, 5.41) is 0.971. The van der Waals surface area contributed by atoms with Crippen LogP contribution < -0.4 is 10.2 Å². The number of hydrogen-bond acceptors (Lipinski definition) is 4. The summed E-state index contributed by atoms with van der Waals surface area (Å²) in [5.74, 6) is 0.0266. The fourth-order valence-electron chi connectivity index (χ4n) is 3.21. The minimum atomic E-state index is -0.321. The van der Waals surface area contributed by atoms with Crippen LogP contribution in [-0.4, -0.2) is 12.4 Å². The maximum Gasteiger partial charge on any atom is 0.235 e. The van der Waals surface area contributed by atoms with Crippen LogP contribution in [0, 0.1) is 13.8 Å². The molecule has 4 aromatic rings. The second-order valence-electron chi connectivity index (χ2n) is 7.25. The van der Waals surface area contributed by atoms with Crippen molar-refractivity contribution in [1.29, 1.82) is 0 Å². The monoisotopic (exact) mass is 496 g/mol. The van der Waals surface area contributed by atoms with Crippen molar-refractivity contribution >= 4 is 44.3 Å². The van der Waals surface area contributed by atoms with Crippen LogP contribution in [0.15, 0.2) is 74.3 Å². The van der Waals surface area contributed by atoms with E-state index in [1.54, 1.807) is 54.6 Å². The van der Waals surface area contributed by atoms with Gasteiger partial charge in [0.15, 0.2) is 18.2 Å². The maximum absolute atomic E-state index is 13.3. The molecule has 6 heteroatoms. The highest BCUT2D eigenvalue weighted by molar-refractivity contribution is 9.10. The molecular formula is C25H18BrClO4. The zero-order chi connectivity index (χ0) is 22.1. The van der Waals surface area contributed by atoms with Crippen LogP contribution >= 0.6 is 27.5 Å². The molecule has 31 heavy (non-hydrogen) atoms. The number of carbonyl (C=O) groups excluding carboxylic acids is 1. The first-order valence-corrected chi connectivity index (χ1v) is 10.8. The molecule has 0 fully saturated rings. The summed E-state index contributed by atoms with van der Waals surface area (Å²) < 4.78 is 12.8. The Hall–Kier alpha value is -2.89. The normalized spacial score (nSPS) is 11.0. The largest absolute Gasteiger partial charge is 0.478 e. The molecule has 0 unspecified atom stereocenters. The van der Waals surface area contributed by atoms with Gasteiger partial charge in [-0.25, -0.2) is 0 Å². The van der Waals surface area contributed by atoms with Gasteiger partial charge in [0.2, 0.25) is 11.2 Å². The van der Waals surface area contributed by atoms with Gasteiger partial charge in [0.05, 0.1) is 5.39 Å².